The van der Waals surface area contributed by atoms with Gasteiger partial charge in [0.1, 0.15) is 5.75 Å². The summed E-state index contributed by atoms with van der Waals surface area (Å²) in [6.07, 6.45) is 2.54. The van der Waals surface area contributed by atoms with Gasteiger partial charge in [0.25, 0.3) is 5.91 Å². The Labute approximate surface area is 160 Å². The van der Waals surface area contributed by atoms with Crippen molar-refractivity contribution in [3.63, 3.8) is 0 Å². The third-order valence-corrected chi connectivity index (χ3v) is 5.66. The molecule has 1 unspecified atom stereocenters. The zero-order chi connectivity index (χ0) is 18.8. The van der Waals surface area contributed by atoms with Crippen LogP contribution in [0.5, 0.6) is 5.75 Å². The molecule has 0 radical (unpaired) electrons. The SMILES string of the molecule is CCC1Oc2ccc(CN3CCC(c4ccccc4N)CC3)cc2NC1=O. The van der Waals surface area contributed by atoms with E-state index in [1.807, 2.05) is 31.2 Å². The first-order valence-electron chi connectivity index (χ1n) is 9.81. The Kier molecular flexibility index (Phi) is 5.03. The van der Waals surface area contributed by atoms with E-state index in [-0.39, 0.29) is 12.0 Å². The summed E-state index contributed by atoms with van der Waals surface area (Å²) in [6, 6.07) is 14.3. The molecular weight excluding hydrogens is 338 g/mol. The summed E-state index contributed by atoms with van der Waals surface area (Å²) in [5.74, 6) is 1.26. The number of anilines is 2. The van der Waals surface area contributed by atoms with Gasteiger partial charge in [-0.3, -0.25) is 9.69 Å². The number of carbonyl (C=O) groups is 1. The van der Waals surface area contributed by atoms with Crippen LogP contribution >= 0.6 is 0 Å². The molecule has 27 heavy (non-hydrogen) atoms. The van der Waals surface area contributed by atoms with Gasteiger partial charge in [-0.05, 0) is 67.6 Å². The lowest BCUT2D eigenvalue weighted by Crippen LogP contribution is -2.36. The second-order valence-electron chi connectivity index (χ2n) is 7.51. The monoisotopic (exact) mass is 365 g/mol. The van der Waals surface area contributed by atoms with Crippen molar-refractivity contribution in [1.29, 1.82) is 0 Å². The fourth-order valence-corrected chi connectivity index (χ4v) is 4.11. The van der Waals surface area contributed by atoms with Gasteiger partial charge in [0.2, 0.25) is 0 Å². The number of piperidine rings is 1. The summed E-state index contributed by atoms with van der Waals surface area (Å²) >= 11 is 0. The predicted molar refractivity (Wildman–Crippen MR) is 108 cm³/mol. The van der Waals surface area contributed by atoms with E-state index in [9.17, 15) is 4.79 Å². The van der Waals surface area contributed by atoms with Crippen LogP contribution in [0.25, 0.3) is 0 Å². The van der Waals surface area contributed by atoms with Gasteiger partial charge in [-0.1, -0.05) is 31.2 Å². The van der Waals surface area contributed by atoms with E-state index in [0.29, 0.717) is 12.3 Å². The summed E-state index contributed by atoms with van der Waals surface area (Å²) in [4.78, 5) is 14.5. The number of nitrogens with zero attached hydrogens (tertiary/aromatic N) is 1. The van der Waals surface area contributed by atoms with Crippen LogP contribution in [0, 0.1) is 0 Å². The first-order chi connectivity index (χ1) is 13.1. The lowest BCUT2D eigenvalue weighted by atomic mass is 9.88. The number of hydrogen-bond acceptors (Lipinski definition) is 4. The quantitative estimate of drug-likeness (QED) is 0.810. The molecule has 2 aliphatic rings. The molecule has 2 aromatic rings. The Morgan fingerprint density at radius 2 is 1.96 bits per heavy atom. The first kappa shape index (κ1) is 17.9. The number of ether oxygens (including phenoxy) is 1. The van der Waals surface area contributed by atoms with Crippen LogP contribution in [0.1, 0.15) is 43.2 Å². The van der Waals surface area contributed by atoms with Crippen molar-refractivity contribution in [2.24, 2.45) is 0 Å². The van der Waals surface area contributed by atoms with E-state index < -0.39 is 0 Å². The van der Waals surface area contributed by atoms with Crippen LogP contribution in [0.15, 0.2) is 42.5 Å². The Bertz CT molecular complexity index is 828. The molecule has 2 aromatic carbocycles. The highest BCUT2D eigenvalue weighted by molar-refractivity contribution is 5.97. The minimum absolute atomic E-state index is 0.0524. The van der Waals surface area contributed by atoms with Gasteiger partial charge in [0, 0.05) is 12.2 Å². The standard InChI is InChI=1S/C22H27N3O2/c1-2-20-22(26)24-19-13-15(7-8-21(19)27-20)14-25-11-9-16(10-12-25)17-5-3-4-6-18(17)23/h3-8,13,16,20H,2,9-12,14,23H2,1H3,(H,24,26). The zero-order valence-electron chi connectivity index (χ0n) is 15.8. The van der Waals surface area contributed by atoms with Crippen LogP contribution in [0.2, 0.25) is 0 Å². The highest BCUT2D eigenvalue weighted by Crippen LogP contribution is 2.34. The van der Waals surface area contributed by atoms with Gasteiger partial charge >= 0.3 is 0 Å². The van der Waals surface area contributed by atoms with Crippen LogP contribution < -0.4 is 15.8 Å². The van der Waals surface area contributed by atoms with Crippen LogP contribution in [-0.4, -0.2) is 30.0 Å². The Balaban J connectivity index is 1.38. The van der Waals surface area contributed by atoms with E-state index in [1.54, 1.807) is 0 Å². The normalized spacial score (nSPS) is 20.6. The van der Waals surface area contributed by atoms with Crippen molar-refractivity contribution in [2.75, 3.05) is 24.1 Å². The lowest BCUT2D eigenvalue weighted by Gasteiger charge is -2.33. The second kappa shape index (κ2) is 7.61. The number of carbonyl (C=O) groups excluding carboxylic acids is 1. The molecular formula is C22H27N3O2. The zero-order valence-corrected chi connectivity index (χ0v) is 15.8. The van der Waals surface area contributed by atoms with Gasteiger partial charge in [-0.15, -0.1) is 0 Å². The maximum absolute atomic E-state index is 12.0. The molecule has 142 valence electrons. The van der Waals surface area contributed by atoms with Crippen molar-refractivity contribution in [3.8, 4) is 5.75 Å². The summed E-state index contributed by atoms with van der Waals surface area (Å²) in [5, 5.41) is 2.98. The third kappa shape index (κ3) is 3.78. The molecule has 0 aromatic heterocycles. The Morgan fingerprint density at radius 3 is 2.70 bits per heavy atom. The average molecular weight is 365 g/mol. The number of nitrogens with two attached hydrogens (primary N) is 1. The molecule has 5 heteroatoms. The van der Waals surface area contributed by atoms with E-state index in [1.165, 1.54) is 11.1 Å². The third-order valence-electron chi connectivity index (χ3n) is 5.66. The second-order valence-corrected chi connectivity index (χ2v) is 7.51. The predicted octanol–water partition coefficient (Wildman–Crippen LogP) is 3.76. The smallest absolute Gasteiger partial charge is 0.265 e. The van der Waals surface area contributed by atoms with Crippen LogP contribution in [0.3, 0.4) is 0 Å². The molecule has 2 aliphatic heterocycles. The van der Waals surface area contributed by atoms with Crippen LogP contribution in [-0.2, 0) is 11.3 Å². The van der Waals surface area contributed by atoms with Gasteiger partial charge in [-0.2, -0.15) is 0 Å². The molecule has 1 fully saturated rings. The molecule has 0 saturated carbocycles. The largest absolute Gasteiger partial charge is 0.478 e. The molecule has 3 N–H and O–H groups in total. The van der Waals surface area contributed by atoms with Gasteiger partial charge in [0.15, 0.2) is 6.10 Å². The number of hydrogen-bond donors (Lipinski definition) is 2. The van der Waals surface area contributed by atoms with E-state index in [0.717, 1.165) is 49.6 Å². The number of nitrogen functional groups attached to an aromatic ring is 1. The lowest BCUT2D eigenvalue weighted by molar-refractivity contribution is -0.123. The van der Waals surface area contributed by atoms with E-state index in [2.05, 4.69) is 28.4 Å². The van der Waals surface area contributed by atoms with Gasteiger partial charge in [0.05, 0.1) is 5.69 Å². The van der Waals surface area contributed by atoms with Crippen molar-refractivity contribution in [3.05, 3.63) is 53.6 Å². The molecule has 2 heterocycles. The number of benzene rings is 2. The fourth-order valence-electron chi connectivity index (χ4n) is 4.11. The summed E-state index contributed by atoms with van der Waals surface area (Å²) in [6.45, 7) is 4.95. The summed E-state index contributed by atoms with van der Waals surface area (Å²) in [5.41, 5.74) is 10.3. The molecule has 1 atom stereocenters. The number of nitrogens with one attached hydrogen (secondary N) is 1. The van der Waals surface area contributed by atoms with Crippen molar-refractivity contribution in [1.82, 2.24) is 4.90 Å². The molecule has 0 aliphatic carbocycles. The van der Waals surface area contributed by atoms with Crippen molar-refractivity contribution in [2.45, 2.75) is 44.8 Å². The topological polar surface area (TPSA) is 67.6 Å². The highest BCUT2D eigenvalue weighted by Gasteiger charge is 2.27. The Hall–Kier alpha value is -2.53. The minimum atomic E-state index is -0.382. The molecule has 0 spiro atoms. The number of fused-ring (bicyclic) bond motifs is 1. The van der Waals surface area contributed by atoms with Crippen molar-refractivity contribution < 1.29 is 9.53 Å². The molecule has 5 nitrogen and oxygen atoms in total. The molecule has 0 bridgehead atoms. The van der Waals surface area contributed by atoms with Gasteiger partial charge in [-0.25, -0.2) is 0 Å². The summed E-state index contributed by atoms with van der Waals surface area (Å²) < 4.78 is 5.78. The number of likely N-dealkylation sites (tertiary alicyclic amines) is 1. The Morgan fingerprint density at radius 1 is 1.19 bits per heavy atom. The first-order valence-corrected chi connectivity index (χ1v) is 9.81. The fraction of sp³-hybridized carbons (Fsp3) is 0.409. The molecule has 1 amide bonds. The maximum Gasteiger partial charge on any atom is 0.265 e. The number of rotatable bonds is 4. The number of amides is 1. The number of para-hydroxylation sites is 1. The van der Waals surface area contributed by atoms with Crippen LogP contribution in [0.4, 0.5) is 11.4 Å². The summed E-state index contributed by atoms with van der Waals surface area (Å²) in [7, 11) is 0. The minimum Gasteiger partial charge on any atom is -0.478 e. The van der Waals surface area contributed by atoms with E-state index >= 15 is 0 Å². The van der Waals surface area contributed by atoms with Crippen molar-refractivity contribution >= 4 is 17.3 Å². The highest BCUT2D eigenvalue weighted by atomic mass is 16.5. The maximum atomic E-state index is 12.0. The van der Waals surface area contributed by atoms with Gasteiger partial charge < -0.3 is 15.8 Å². The molecule has 4 rings (SSSR count). The van der Waals surface area contributed by atoms with E-state index in [4.69, 9.17) is 10.5 Å². The molecule has 1 saturated heterocycles. The average Bonchev–Trinajstić information content (AvgIpc) is 2.68.